The number of benzene rings is 2. The molecule has 4 N–H and O–H groups in total. The van der Waals surface area contributed by atoms with Crippen molar-refractivity contribution in [3.8, 4) is 17.1 Å². The van der Waals surface area contributed by atoms with Crippen molar-refractivity contribution in [1.82, 2.24) is 15.2 Å². The van der Waals surface area contributed by atoms with Crippen LogP contribution in [0.2, 0.25) is 0 Å². The highest BCUT2D eigenvalue weighted by molar-refractivity contribution is 5.55. The average molecular weight is 266 g/mol. The molecular formula is C15H14N4O. The minimum atomic E-state index is -0.338. The molecule has 0 fully saturated rings. The maximum atomic E-state index is 9.28. The van der Waals surface area contributed by atoms with Gasteiger partial charge in [0.1, 0.15) is 11.6 Å². The fourth-order valence-electron chi connectivity index (χ4n) is 1.97. The summed E-state index contributed by atoms with van der Waals surface area (Å²) in [5.41, 5.74) is 7.96. The van der Waals surface area contributed by atoms with Gasteiger partial charge in [-0.05, 0) is 29.8 Å². The van der Waals surface area contributed by atoms with Gasteiger partial charge in [-0.2, -0.15) is 5.10 Å². The van der Waals surface area contributed by atoms with Gasteiger partial charge < -0.3 is 10.8 Å². The van der Waals surface area contributed by atoms with Crippen LogP contribution >= 0.6 is 0 Å². The lowest BCUT2D eigenvalue weighted by molar-refractivity contribution is 0.475. The molecule has 0 unspecified atom stereocenters. The second-order valence-electron chi connectivity index (χ2n) is 4.48. The molecule has 2 aromatic carbocycles. The molecule has 1 aromatic heterocycles. The SMILES string of the molecule is N[C@H](c1ccccc1)c1nc(-c2ccc(O)cc2)n[nH]1. The van der Waals surface area contributed by atoms with E-state index in [1.807, 2.05) is 30.3 Å². The molecule has 0 bridgehead atoms. The molecule has 1 atom stereocenters. The zero-order valence-electron chi connectivity index (χ0n) is 10.7. The fraction of sp³-hybridized carbons (Fsp3) is 0.0667. The topological polar surface area (TPSA) is 87.8 Å². The number of aromatic amines is 1. The number of H-pyrrole nitrogens is 1. The van der Waals surface area contributed by atoms with E-state index in [2.05, 4.69) is 15.2 Å². The number of hydrogen-bond donors (Lipinski definition) is 3. The Morgan fingerprint density at radius 2 is 1.70 bits per heavy atom. The predicted octanol–water partition coefficient (Wildman–Crippen LogP) is 2.23. The normalized spacial score (nSPS) is 12.2. The third-order valence-corrected chi connectivity index (χ3v) is 3.08. The Morgan fingerprint density at radius 1 is 1.00 bits per heavy atom. The van der Waals surface area contributed by atoms with Gasteiger partial charge in [0.2, 0.25) is 0 Å². The Hall–Kier alpha value is -2.66. The van der Waals surface area contributed by atoms with Crippen LogP contribution in [0.4, 0.5) is 0 Å². The van der Waals surface area contributed by atoms with Crippen molar-refractivity contribution < 1.29 is 5.11 Å². The van der Waals surface area contributed by atoms with E-state index in [0.717, 1.165) is 11.1 Å². The molecule has 3 aromatic rings. The number of aromatic nitrogens is 3. The Kier molecular flexibility index (Phi) is 3.18. The van der Waals surface area contributed by atoms with Gasteiger partial charge in [0.25, 0.3) is 0 Å². The monoisotopic (exact) mass is 266 g/mol. The standard InChI is InChI=1S/C15H14N4O/c16-13(10-4-2-1-3-5-10)15-17-14(18-19-15)11-6-8-12(20)9-7-11/h1-9,13,20H,16H2,(H,17,18,19)/t13-/m1/s1. The van der Waals surface area contributed by atoms with Crippen LogP contribution in [0.25, 0.3) is 11.4 Å². The molecule has 20 heavy (non-hydrogen) atoms. The first-order chi connectivity index (χ1) is 9.74. The highest BCUT2D eigenvalue weighted by atomic mass is 16.3. The Balaban J connectivity index is 1.89. The number of nitrogens with two attached hydrogens (primary N) is 1. The first-order valence-electron chi connectivity index (χ1n) is 6.26. The first kappa shape index (κ1) is 12.4. The quantitative estimate of drug-likeness (QED) is 0.678. The number of phenolic OH excluding ortho intramolecular Hbond substituents is 1. The lowest BCUT2D eigenvalue weighted by atomic mass is 10.1. The van der Waals surface area contributed by atoms with Gasteiger partial charge in [-0.25, -0.2) is 4.98 Å². The fourth-order valence-corrected chi connectivity index (χ4v) is 1.97. The van der Waals surface area contributed by atoms with Gasteiger partial charge in [-0.3, -0.25) is 5.10 Å². The van der Waals surface area contributed by atoms with Crippen LogP contribution in [-0.4, -0.2) is 20.3 Å². The molecule has 0 aliphatic rings. The summed E-state index contributed by atoms with van der Waals surface area (Å²) in [5.74, 6) is 1.39. The van der Waals surface area contributed by atoms with E-state index < -0.39 is 0 Å². The predicted molar refractivity (Wildman–Crippen MR) is 76.0 cm³/mol. The minimum absolute atomic E-state index is 0.213. The molecule has 5 nitrogen and oxygen atoms in total. The molecule has 5 heteroatoms. The Morgan fingerprint density at radius 3 is 2.40 bits per heavy atom. The number of phenols is 1. The average Bonchev–Trinajstić information content (AvgIpc) is 2.98. The van der Waals surface area contributed by atoms with Gasteiger partial charge >= 0.3 is 0 Å². The number of nitrogens with zero attached hydrogens (tertiary/aromatic N) is 2. The van der Waals surface area contributed by atoms with Crippen LogP contribution in [0, 0.1) is 0 Å². The van der Waals surface area contributed by atoms with Gasteiger partial charge in [0.05, 0.1) is 6.04 Å². The van der Waals surface area contributed by atoms with Crippen LogP contribution in [0.1, 0.15) is 17.4 Å². The molecule has 3 rings (SSSR count). The van der Waals surface area contributed by atoms with Crippen LogP contribution in [0.15, 0.2) is 54.6 Å². The summed E-state index contributed by atoms with van der Waals surface area (Å²) < 4.78 is 0. The molecule has 0 radical (unpaired) electrons. The number of rotatable bonds is 3. The van der Waals surface area contributed by atoms with Crippen LogP contribution < -0.4 is 5.73 Å². The lowest BCUT2D eigenvalue weighted by Gasteiger charge is -2.07. The summed E-state index contributed by atoms with van der Waals surface area (Å²) in [7, 11) is 0. The van der Waals surface area contributed by atoms with E-state index in [4.69, 9.17) is 5.73 Å². The van der Waals surface area contributed by atoms with E-state index in [1.54, 1.807) is 24.3 Å². The second-order valence-corrected chi connectivity index (χ2v) is 4.48. The van der Waals surface area contributed by atoms with Crippen LogP contribution in [0.3, 0.4) is 0 Å². The minimum Gasteiger partial charge on any atom is -0.508 e. The molecule has 0 amide bonds. The summed E-state index contributed by atoms with van der Waals surface area (Å²) in [6.45, 7) is 0. The molecule has 0 aliphatic carbocycles. The van der Waals surface area contributed by atoms with Gasteiger partial charge in [-0.1, -0.05) is 30.3 Å². The molecule has 0 saturated heterocycles. The van der Waals surface area contributed by atoms with Crippen LogP contribution in [0.5, 0.6) is 5.75 Å². The summed E-state index contributed by atoms with van der Waals surface area (Å²) in [6, 6.07) is 16.1. The van der Waals surface area contributed by atoms with E-state index >= 15 is 0 Å². The molecule has 0 aliphatic heterocycles. The number of hydrogen-bond acceptors (Lipinski definition) is 4. The van der Waals surface area contributed by atoms with Gasteiger partial charge in [0.15, 0.2) is 5.82 Å². The highest BCUT2D eigenvalue weighted by Gasteiger charge is 2.14. The first-order valence-corrected chi connectivity index (χ1v) is 6.26. The van der Waals surface area contributed by atoms with Crippen LogP contribution in [-0.2, 0) is 0 Å². The number of aromatic hydroxyl groups is 1. The third-order valence-electron chi connectivity index (χ3n) is 3.08. The summed E-state index contributed by atoms with van der Waals surface area (Å²) in [4.78, 5) is 4.41. The van der Waals surface area contributed by atoms with Crippen molar-refractivity contribution >= 4 is 0 Å². The van der Waals surface area contributed by atoms with Gasteiger partial charge in [-0.15, -0.1) is 0 Å². The lowest BCUT2D eigenvalue weighted by Crippen LogP contribution is -2.13. The second kappa shape index (κ2) is 5.14. The molecule has 0 spiro atoms. The van der Waals surface area contributed by atoms with Gasteiger partial charge in [0, 0.05) is 5.56 Å². The molecular weight excluding hydrogens is 252 g/mol. The third kappa shape index (κ3) is 2.39. The zero-order valence-corrected chi connectivity index (χ0v) is 10.7. The van der Waals surface area contributed by atoms with E-state index in [1.165, 1.54) is 0 Å². The molecule has 0 saturated carbocycles. The van der Waals surface area contributed by atoms with E-state index in [0.29, 0.717) is 11.6 Å². The van der Waals surface area contributed by atoms with E-state index in [-0.39, 0.29) is 11.8 Å². The number of nitrogens with one attached hydrogen (secondary N) is 1. The maximum Gasteiger partial charge on any atom is 0.181 e. The van der Waals surface area contributed by atoms with Crippen molar-refractivity contribution in [3.63, 3.8) is 0 Å². The molecule has 100 valence electrons. The van der Waals surface area contributed by atoms with Crippen molar-refractivity contribution in [2.24, 2.45) is 5.73 Å². The maximum absolute atomic E-state index is 9.28. The Bertz CT molecular complexity index is 691. The smallest absolute Gasteiger partial charge is 0.181 e. The molecule has 1 heterocycles. The highest BCUT2D eigenvalue weighted by Crippen LogP contribution is 2.21. The van der Waals surface area contributed by atoms with Crippen molar-refractivity contribution in [3.05, 3.63) is 66.0 Å². The largest absolute Gasteiger partial charge is 0.508 e. The van der Waals surface area contributed by atoms with Crippen molar-refractivity contribution in [2.75, 3.05) is 0 Å². The van der Waals surface area contributed by atoms with E-state index in [9.17, 15) is 5.11 Å². The van der Waals surface area contributed by atoms with Crippen molar-refractivity contribution in [1.29, 1.82) is 0 Å². The summed E-state index contributed by atoms with van der Waals surface area (Å²) in [6.07, 6.45) is 0. The summed E-state index contributed by atoms with van der Waals surface area (Å²) >= 11 is 0. The zero-order chi connectivity index (χ0) is 13.9. The summed E-state index contributed by atoms with van der Waals surface area (Å²) in [5, 5.41) is 16.3. The Labute approximate surface area is 116 Å². The van der Waals surface area contributed by atoms with Crippen molar-refractivity contribution in [2.45, 2.75) is 6.04 Å².